The summed E-state index contributed by atoms with van der Waals surface area (Å²) in [4.78, 5) is 0. The van der Waals surface area contributed by atoms with E-state index in [1.165, 1.54) is 12.5 Å². The number of hydrogen-bond donors (Lipinski definition) is 11. The first kappa shape index (κ1) is 50.4. The second-order valence-corrected chi connectivity index (χ2v) is 21.3. The molecule has 7 fully saturated rings. The predicted octanol–water partition coefficient (Wildman–Crippen LogP) is -1.21. The Hall–Kier alpha value is -1.02. The predicted molar refractivity (Wildman–Crippen MR) is 224 cm³/mol. The molecule has 4 heterocycles. The van der Waals surface area contributed by atoms with Crippen LogP contribution in [0.2, 0.25) is 0 Å². The summed E-state index contributed by atoms with van der Waals surface area (Å²) in [6, 6.07) is 0. The average molecular weight is 933 g/mol. The van der Waals surface area contributed by atoms with E-state index in [-0.39, 0.29) is 53.1 Å². The molecule has 0 aromatic heterocycles. The zero-order valence-corrected chi connectivity index (χ0v) is 38.4. The molecule has 19 nitrogen and oxygen atoms in total. The molecule has 8 aliphatic rings. The number of fused-ring (bicyclic) bond motifs is 7. The van der Waals surface area contributed by atoms with E-state index in [9.17, 15) is 56.2 Å². The van der Waals surface area contributed by atoms with Gasteiger partial charge in [0.25, 0.3) is 0 Å². The molecule has 11 N–H and O–H groups in total. The number of ether oxygens (including phenoxy) is 8. The summed E-state index contributed by atoms with van der Waals surface area (Å²) in [6.45, 7) is 9.34. The minimum atomic E-state index is -1.67. The van der Waals surface area contributed by atoms with E-state index >= 15 is 0 Å². The van der Waals surface area contributed by atoms with Gasteiger partial charge in [-0.25, -0.2) is 0 Å². The van der Waals surface area contributed by atoms with Crippen LogP contribution in [-0.4, -0.2) is 199 Å². The number of rotatable bonds is 13. The molecule has 8 rings (SSSR count). The number of methoxy groups -OCH3 is 1. The van der Waals surface area contributed by atoms with Gasteiger partial charge >= 0.3 is 0 Å². The third-order valence-corrected chi connectivity index (χ3v) is 17.6. The lowest BCUT2D eigenvalue weighted by molar-refractivity contribution is -0.369. The molecule has 19 heteroatoms. The molecule has 0 radical (unpaired) electrons. The quantitative estimate of drug-likeness (QED) is 0.0967. The summed E-state index contributed by atoms with van der Waals surface area (Å²) in [6.07, 6.45) is -14.2. The fourth-order valence-corrected chi connectivity index (χ4v) is 14.0. The number of aliphatic hydroxyl groups is 11. The van der Waals surface area contributed by atoms with Gasteiger partial charge in [-0.15, -0.1) is 0 Å². The van der Waals surface area contributed by atoms with Gasteiger partial charge in [-0.3, -0.25) is 0 Å². The second-order valence-electron chi connectivity index (χ2n) is 21.3. The van der Waals surface area contributed by atoms with Crippen molar-refractivity contribution in [2.75, 3.05) is 26.9 Å². The first-order valence-electron chi connectivity index (χ1n) is 23.9. The molecule has 65 heavy (non-hydrogen) atoms. The van der Waals surface area contributed by atoms with Crippen LogP contribution in [-0.2, 0) is 37.9 Å². The molecule has 27 atom stereocenters. The highest BCUT2D eigenvalue weighted by Crippen LogP contribution is 2.70. The van der Waals surface area contributed by atoms with Crippen LogP contribution >= 0.6 is 0 Å². The van der Waals surface area contributed by atoms with Gasteiger partial charge in [0.05, 0.1) is 44.2 Å². The Kier molecular flexibility index (Phi) is 15.0. The zero-order chi connectivity index (χ0) is 47.1. The van der Waals surface area contributed by atoms with Crippen LogP contribution in [0.5, 0.6) is 0 Å². The highest BCUT2D eigenvalue weighted by atomic mass is 16.8. The highest BCUT2D eigenvalue weighted by molar-refractivity contribution is 5.28. The van der Waals surface area contributed by atoms with Gasteiger partial charge in [-0.1, -0.05) is 39.3 Å². The van der Waals surface area contributed by atoms with Crippen LogP contribution in [0.15, 0.2) is 11.6 Å². The van der Waals surface area contributed by atoms with Gasteiger partial charge in [0, 0.05) is 19.4 Å². The van der Waals surface area contributed by atoms with Crippen LogP contribution < -0.4 is 0 Å². The van der Waals surface area contributed by atoms with Crippen molar-refractivity contribution in [1.29, 1.82) is 0 Å². The molecule has 3 saturated carbocycles. The van der Waals surface area contributed by atoms with Crippen molar-refractivity contribution < 1.29 is 94.1 Å². The molecule has 0 aromatic carbocycles. The van der Waals surface area contributed by atoms with Gasteiger partial charge in [0.1, 0.15) is 67.1 Å². The molecule has 0 spiro atoms. The molecule has 0 unspecified atom stereocenters. The van der Waals surface area contributed by atoms with E-state index in [4.69, 9.17) is 37.9 Å². The van der Waals surface area contributed by atoms with Gasteiger partial charge in [-0.2, -0.15) is 0 Å². The summed E-state index contributed by atoms with van der Waals surface area (Å²) in [5, 5.41) is 116. The molecule has 4 aliphatic carbocycles. The van der Waals surface area contributed by atoms with Crippen LogP contribution in [0, 0.1) is 46.3 Å². The summed E-state index contributed by atoms with van der Waals surface area (Å²) in [5.74, 6) is -0.196. The average Bonchev–Trinajstić information content (AvgIpc) is 3.73. The summed E-state index contributed by atoms with van der Waals surface area (Å²) >= 11 is 0. The van der Waals surface area contributed by atoms with E-state index in [1.54, 1.807) is 7.11 Å². The van der Waals surface area contributed by atoms with E-state index in [2.05, 4.69) is 26.8 Å². The first-order valence-corrected chi connectivity index (χ1v) is 23.9. The summed E-state index contributed by atoms with van der Waals surface area (Å²) < 4.78 is 48.7. The Balaban J connectivity index is 0.913. The molecule has 0 amide bonds. The summed E-state index contributed by atoms with van der Waals surface area (Å²) in [5.41, 5.74) is 0.638. The lowest BCUT2D eigenvalue weighted by Crippen LogP contribution is -2.64. The highest BCUT2D eigenvalue weighted by Gasteiger charge is 2.70. The van der Waals surface area contributed by atoms with Gasteiger partial charge in [0.15, 0.2) is 24.7 Å². The molecule has 0 bridgehead atoms. The summed E-state index contributed by atoms with van der Waals surface area (Å²) in [7, 11) is 1.68. The molecule has 374 valence electrons. The monoisotopic (exact) mass is 932 g/mol. The van der Waals surface area contributed by atoms with Crippen molar-refractivity contribution in [2.24, 2.45) is 46.3 Å². The Morgan fingerprint density at radius 3 is 2.09 bits per heavy atom. The third kappa shape index (κ3) is 8.71. The third-order valence-electron chi connectivity index (χ3n) is 17.6. The van der Waals surface area contributed by atoms with Crippen molar-refractivity contribution >= 4 is 0 Å². The Morgan fingerprint density at radius 1 is 0.769 bits per heavy atom. The Morgan fingerprint density at radius 2 is 1.42 bits per heavy atom. The smallest absolute Gasteiger partial charge is 0.187 e. The minimum absolute atomic E-state index is 0.00107. The van der Waals surface area contributed by atoms with E-state index < -0.39 is 123 Å². The standard InChI is InChI=1S/C46H76O19/c1-19(18-59-41-38(56)36(54)33(51)28(16-47)62-41)9-12-46(58-6)20(2)30-27(65-46)14-25-24-8-7-22-13-23(10-11-44(22,4)31(24)26(49)15-45(25,30)5)61-43-40(37(55)34(52)29(17-48)63-43)64-42-39(57)35(53)32(50)21(3)60-42/h7,19-21,23-43,47-57H,8-18H2,1-6H3/t19-,20+,21+,23+,24+,25+,26-,27+,28-,29-,30+,31-,32+,33-,34-,35-,36+,37+,38-,39-,40-,41-,42+,43-,44+,45+,46-/m1/s1. The maximum Gasteiger partial charge on any atom is 0.187 e. The van der Waals surface area contributed by atoms with E-state index in [0.717, 1.165) is 12.8 Å². The SMILES string of the molecule is CO[C@]1(CC[C@@H](C)CO[C@@H]2O[C@H](CO)[C@@H](O)[C@H](O)[C@H]2O)O[C@H]2C[C@H]3[C@@H]4CC=C5C[C@@H](O[C@@H]6O[C@H](CO)[C@@H](O)[C@H](O)[C@H]6O[C@@H]6O[C@@H](C)[C@H](O)[C@@H](O)[C@H]6O)CC[C@]5(C)[C@H]4[C@H](O)C[C@]3(C)[C@H]2[C@@H]1C. The van der Waals surface area contributed by atoms with Crippen LogP contribution in [0.25, 0.3) is 0 Å². The van der Waals surface area contributed by atoms with Crippen LogP contribution in [0.4, 0.5) is 0 Å². The second kappa shape index (κ2) is 19.3. The number of aliphatic hydroxyl groups excluding tert-OH is 11. The molecular weight excluding hydrogens is 856 g/mol. The van der Waals surface area contributed by atoms with Crippen LogP contribution in [0.3, 0.4) is 0 Å². The van der Waals surface area contributed by atoms with Crippen molar-refractivity contribution in [3.8, 4) is 0 Å². The normalized spacial score (nSPS) is 54.8. The van der Waals surface area contributed by atoms with Gasteiger partial charge < -0.3 is 94.1 Å². The fraction of sp³-hybridized carbons (Fsp3) is 0.957. The minimum Gasteiger partial charge on any atom is -0.394 e. The largest absolute Gasteiger partial charge is 0.394 e. The van der Waals surface area contributed by atoms with Crippen molar-refractivity contribution in [3.63, 3.8) is 0 Å². The maximum absolute atomic E-state index is 12.3. The fourth-order valence-electron chi connectivity index (χ4n) is 14.0. The number of allylic oxidation sites excluding steroid dienone is 1. The van der Waals surface area contributed by atoms with Gasteiger partial charge in [-0.05, 0) is 92.3 Å². The van der Waals surface area contributed by atoms with Crippen molar-refractivity contribution in [2.45, 2.75) is 202 Å². The lowest BCUT2D eigenvalue weighted by atomic mass is 9.46. The van der Waals surface area contributed by atoms with Gasteiger partial charge in [0.2, 0.25) is 0 Å². The van der Waals surface area contributed by atoms with E-state index in [1.807, 2.05) is 6.92 Å². The molecule has 4 aliphatic heterocycles. The molecule has 4 saturated heterocycles. The number of hydrogen-bond acceptors (Lipinski definition) is 19. The molecular formula is C46H76O19. The lowest BCUT2D eigenvalue weighted by Gasteiger charge is -2.60. The zero-order valence-electron chi connectivity index (χ0n) is 38.4. The van der Waals surface area contributed by atoms with Crippen LogP contribution in [0.1, 0.15) is 86.0 Å². The first-order chi connectivity index (χ1) is 30.7. The Labute approximate surface area is 380 Å². The topological polar surface area (TPSA) is 296 Å². The van der Waals surface area contributed by atoms with Crippen molar-refractivity contribution in [1.82, 2.24) is 0 Å². The van der Waals surface area contributed by atoms with E-state index in [0.29, 0.717) is 44.4 Å². The van der Waals surface area contributed by atoms with Crippen molar-refractivity contribution in [3.05, 3.63) is 11.6 Å². The maximum atomic E-state index is 12.3. The molecule has 0 aromatic rings. The Bertz CT molecular complexity index is 1660.